The molecule has 160 valence electrons. The lowest BCUT2D eigenvalue weighted by molar-refractivity contribution is -0.147. The van der Waals surface area contributed by atoms with E-state index in [0.717, 1.165) is 24.6 Å². The summed E-state index contributed by atoms with van der Waals surface area (Å²) in [6, 6.07) is 6.49. The molecule has 1 aromatic carbocycles. The first-order chi connectivity index (χ1) is 14.2. The lowest BCUT2D eigenvalue weighted by Crippen LogP contribution is -2.53. The van der Waals surface area contributed by atoms with Crippen LogP contribution in [0, 0.1) is 17.6 Å². The Morgan fingerprint density at radius 3 is 2.50 bits per heavy atom. The molecule has 2 heterocycles. The van der Waals surface area contributed by atoms with Gasteiger partial charge in [-0.1, -0.05) is 6.07 Å². The SMILES string of the molecule is CC(C)(C)N(CC(=O)N1CCn2cccc2C1c1ccc(F)cc1F)C(=O)C1CC1. The van der Waals surface area contributed by atoms with Crippen molar-refractivity contribution in [2.24, 2.45) is 5.92 Å². The van der Waals surface area contributed by atoms with Crippen molar-refractivity contribution in [3.63, 3.8) is 0 Å². The summed E-state index contributed by atoms with van der Waals surface area (Å²) < 4.78 is 30.2. The molecular weight excluding hydrogens is 388 g/mol. The van der Waals surface area contributed by atoms with Crippen LogP contribution >= 0.6 is 0 Å². The smallest absolute Gasteiger partial charge is 0.243 e. The molecule has 7 heteroatoms. The molecule has 1 saturated carbocycles. The molecule has 0 saturated heterocycles. The van der Waals surface area contributed by atoms with Gasteiger partial charge in [0, 0.05) is 48.1 Å². The van der Waals surface area contributed by atoms with Crippen molar-refractivity contribution in [2.45, 2.75) is 51.7 Å². The summed E-state index contributed by atoms with van der Waals surface area (Å²) in [6.45, 7) is 6.66. The zero-order chi connectivity index (χ0) is 21.6. The first-order valence-corrected chi connectivity index (χ1v) is 10.4. The van der Waals surface area contributed by atoms with Gasteiger partial charge in [0.1, 0.15) is 24.2 Å². The Labute approximate surface area is 175 Å². The summed E-state index contributed by atoms with van der Waals surface area (Å²) in [4.78, 5) is 29.5. The standard InChI is InChI=1S/C23H27F2N3O2/c1-23(2,3)28(22(30)15-6-7-15)14-20(29)27-12-11-26-10-4-5-19(26)21(27)17-9-8-16(24)13-18(17)25/h4-5,8-10,13,15,21H,6-7,11-12,14H2,1-3H3. The predicted octanol–water partition coefficient (Wildman–Crippen LogP) is 3.74. The van der Waals surface area contributed by atoms with Crippen LogP contribution in [0.15, 0.2) is 36.5 Å². The molecule has 0 bridgehead atoms. The van der Waals surface area contributed by atoms with Crippen molar-refractivity contribution in [3.05, 3.63) is 59.4 Å². The fraction of sp³-hybridized carbons (Fsp3) is 0.478. The van der Waals surface area contributed by atoms with Crippen LogP contribution in [-0.4, -0.2) is 44.8 Å². The number of nitrogens with zero attached hydrogens (tertiary/aromatic N) is 3. The average Bonchev–Trinajstić information content (AvgIpc) is 3.41. The lowest BCUT2D eigenvalue weighted by atomic mass is 9.98. The molecule has 1 atom stereocenters. The molecular formula is C23H27F2N3O2. The largest absolute Gasteiger partial charge is 0.348 e. The first-order valence-electron chi connectivity index (χ1n) is 10.4. The van der Waals surface area contributed by atoms with Crippen molar-refractivity contribution in [1.29, 1.82) is 0 Å². The molecule has 2 aliphatic rings. The van der Waals surface area contributed by atoms with Crippen molar-refractivity contribution in [3.8, 4) is 0 Å². The van der Waals surface area contributed by atoms with Crippen LogP contribution in [0.25, 0.3) is 0 Å². The summed E-state index contributed by atoms with van der Waals surface area (Å²) in [7, 11) is 0. The quantitative estimate of drug-likeness (QED) is 0.764. The molecule has 2 amide bonds. The molecule has 1 aliphatic carbocycles. The summed E-state index contributed by atoms with van der Waals surface area (Å²) in [6.07, 6.45) is 3.62. The van der Waals surface area contributed by atoms with Gasteiger partial charge >= 0.3 is 0 Å². The molecule has 0 spiro atoms. The number of aromatic nitrogens is 1. The molecule has 4 rings (SSSR count). The van der Waals surface area contributed by atoms with E-state index in [1.807, 2.05) is 43.7 Å². The van der Waals surface area contributed by atoms with Crippen molar-refractivity contribution >= 4 is 11.8 Å². The average molecular weight is 415 g/mol. The van der Waals surface area contributed by atoms with Crippen LogP contribution in [0.1, 0.15) is 50.9 Å². The highest BCUT2D eigenvalue weighted by atomic mass is 19.1. The van der Waals surface area contributed by atoms with Gasteiger partial charge in [0.05, 0.1) is 0 Å². The van der Waals surface area contributed by atoms with Crippen LogP contribution in [0.5, 0.6) is 0 Å². The van der Waals surface area contributed by atoms with Crippen LogP contribution < -0.4 is 0 Å². The minimum absolute atomic E-state index is 0.000692. The number of rotatable bonds is 4. The van der Waals surface area contributed by atoms with Gasteiger partial charge in [-0.25, -0.2) is 8.78 Å². The van der Waals surface area contributed by atoms with E-state index in [-0.39, 0.29) is 29.8 Å². The summed E-state index contributed by atoms with van der Waals surface area (Å²) in [5.41, 5.74) is 0.526. The van der Waals surface area contributed by atoms with Crippen molar-refractivity contribution in [1.82, 2.24) is 14.4 Å². The second-order valence-corrected chi connectivity index (χ2v) is 9.15. The highest BCUT2D eigenvalue weighted by Gasteiger charge is 2.41. The van der Waals surface area contributed by atoms with E-state index in [2.05, 4.69) is 0 Å². The number of fused-ring (bicyclic) bond motifs is 1. The van der Waals surface area contributed by atoms with Gasteiger partial charge in [0.15, 0.2) is 0 Å². The molecule has 30 heavy (non-hydrogen) atoms. The third-order valence-corrected chi connectivity index (χ3v) is 5.91. The molecule has 1 aliphatic heterocycles. The second-order valence-electron chi connectivity index (χ2n) is 9.15. The Kier molecular flexibility index (Phi) is 5.16. The highest BCUT2D eigenvalue weighted by molar-refractivity contribution is 5.88. The maximum absolute atomic E-state index is 14.7. The van der Waals surface area contributed by atoms with E-state index < -0.39 is 23.2 Å². The van der Waals surface area contributed by atoms with Gasteiger partial charge in [-0.05, 0) is 51.8 Å². The van der Waals surface area contributed by atoms with E-state index in [1.54, 1.807) is 9.80 Å². The monoisotopic (exact) mass is 415 g/mol. The number of amides is 2. The second kappa shape index (κ2) is 7.52. The normalized spacial score (nSPS) is 18.8. The number of hydrogen-bond acceptors (Lipinski definition) is 2. The lowest BCUT2D eigenvalue weighted by Gasteiger charge is -2.41. The van der Waals surface area contributed by atoms with Crippen molar-refractivity contribution < 1.29 is 18.4 Å². The summed E-state index contributed by atoms with van der Waals surface area (Å²) in [5, 5.41) is 0. The van der Waals surface area contributed by atoms with Gasteiger partial charge in [0.25, 0.3) is 0 Å². The van der Waals surface area contributed by atoms with Gasteiger partial charge in [-0.2, -0.15) is 0 Å². The van der Waals surface area contributed by atoms with Crippen LogP contribution in [0.2, 0.25) is 0 Å². The van der Waals surface area contributed by atoms with Gasteiger partial charge in [-0.3, -0.25) is 9.59 Å². The third-order valence-electron chi connectivity index (χ3n) is 5.91. The van der Waals surface area contributed by atoms with Gasteiger partial charge < -0.3 is 14.4 Å². The van der Waals surface area contributed by atoms with E-state index in [4.69, 9.17) is 0 Å². The maximum Gasteiger partial charge on any atom is 0.243 e. The van der Waals surface area contributed by atoms with Gasteiger partial charge in [0.2, 0.25) is 11.8 Å². The fourth-order valence-corrected chi connectivity index (χ4v) is 4.12. The Hall–Kier alpha value is -2.70. The van der Waals surface area contributed by atoms with E-state index in [9.17, 15) is 18.4 Å². The fourth-order valence-electron chi connectivity index (χ4n) is 4.12. The number of carbonyl (C=O) groups excluding carboxylic acids is 2. The first kappa shape index (κ1) is 20.6. The third kappa shape index (κ3) is 3.85. The highest BCUT2D eigenvalue weighted by Crippen LogP contribution is 2.36. The predicted molar refractivity (Wildman–Crippen MR) is 109 cm³/mol. The molecule has 5 nitrogen and oxygen atoms in total. The summed E-state index contributed by atoms with van der Waals surface area (Å²) in [5.74, 6) is -1.58. The topological polar surface area (TPSA) is 45.6 Å². The molecule has 0 N–H and O–H groups in total. The molecule has 2 aromatic rings. The van der Waals surface area contributed by atoms with Crippen LogP contribution in [-0.2, 0) is 16.1 Å². The number of halogens is 2. The number of benzene rings is 1. The van der Waals surface area contributed by atoms with Crippen LogP contribution in [0.3, 0.4) is 0 Å². The number of carbonyl (C=O) groups is 2. The Morgan fingerprint density at radius 1 is 1.13 bits per heavy atom. The van der Waals surface area contributed by atoms with E-state index >= 15 is 0 Å². The minimum Gasteiger partial charge on any atom is -0.348 e. The maximum atomic E-state index is 14.7. The Morgan fingerprint density at radius 2 is 1.87 bits per heavy atom. The molecule has 1 fully saturated rings. The molecule has 0 radical (unpaired) electrons. The van der Waals surface area contributed by atoms with E-state index in [0.29, 0.717) is 13.1 Å². The van der Waals surface area contributed by atoms with Crippen molar-refractivity contribution in [2.75, 3.05) is 13.1 Å². The Bertz CT molecular complexity index is 975. The van der Waals surface area contributed by atoms with Gasteiger partial charge in [-0.15, -0.1) is 0 Å². The minimum atomic E-state index is -0.686. The molecule has 1 unspecified atom stereocenters. The Balaban J connectivity index is 1.67. The zero-order valence-corrected chi connectivity index (χ0v) is 17.6. The summed E-state index contributed by atoms with van der Waals surface area (Å²) >= 11 is 0. The van der Waals surface area contributed by atoms with Crippen LogP contribution in [0.4, 0.5) is 8.78 Å². The number of hydrogen-bond donors (Lipinski definition) is 0. The van der Waals surface area contributed by atoms with E-state index in [1.165, 1.54) is 12.1 Å². The zero-order valence-electron chi connectivity index (χ0n) is 17.6. The molecule has 1 aromatic heterocycles.